The molecule has 2 aromatic heterocycles. The molecule has 1 aliphatic rings. The number of nitrogens with zero attached hydrogens (tertiary/aromatic N) is 4. The number of carbonyl (C=O) groups is 1. The number of esters is 1. The van der Waals surface area contributed by atoms with Gasteiger partial charge in [0.15, 0.2) is 14.4 Å². The number of ether oxygens (including phenoxy) is 2. The molecule has 1 aliphatic heterocycles. The molecule has 0 saturated carbocycles. The van der Waals surface area contributed by atoms with Gasteiger partial charge in [0.1, 0.15) is 35.9 Å². The van der Waals surface area contributed by atoms with Crippen molar-refractivity contribution in [2.75, 3.05) is 13.2 Å². The van der Waals surface area contributed by atoms with Crippen LogP contribution in [0.3, 0.4) is 0 Å². The van der Waals surface area contributed by atoms with Crippen LogP contribution < -0.4 is 0 Å². The fraction of sp³-hybridized carbons (Fsp3) is 0.556. The Kier molecular flexibility index (Phi) is 9.51. The van der Waals surface area contributed by atoms with Gasteiger partial charge in [0.05, 0.1) is 25.1 Å². The van der Waals surface area contributed by atoms with E-state index in [9.17, 15) is 19.4 Å². The Balaban J connectivity index is 1.83. The van der Waals surface area contributed by atoms with Crippen molar-refractivity contribution in [1.29, 1.82) is 0 Å². The summed E-state index contributed by atoms with van der Waals surface area (Å²) < 4.78 is 39.5. The Morgan fingerprint density at radius 3 is 2.55 bits per heavy atom. The summed E-state index contributed by atoms with van der Waals surface area (Å²) >= 11 is 0. The molecule has 0 bridgehead atoms. The standard InChI is InChI=1S/C27H37FN4O7Si/c1-6-36-27(35)23-16(5)29-26(38-23)25-24(39-40(7-2,8-3)9-4)21(22(34)20(15-33)37-25)32-14-19(30-31-32)17-11-10-12-18(28)13-17/h10-14,20-22,24-25,33-34H,6-9,15H2,1-5H3/t20-,21+,22+,24?,25-/m1/s1. The van der Waals surface area contributed by atoms with E-state index in [1.807, 2.05) is 0 Å². The second-order valence-electron chi connectivity index (χ2n) is 9.87. The van der Waals surface area contributed by atoms with Gasteiger partial charge in [-0.3, -0.25) is 0 Å². The van der Waals surface area contributed by atoms with Gasteiger partial charge in [-0.1, -0.05) is 38.1 Å². The molecule has 0 radical (unpaired) electrons. The Labute approximate surface area is 233 Å². The number of oxazole rings is 1. The van der Waals surface area contributed by atoms with Crippen molar-refractivity contribution in [3.05, 3.63) is 53.6 Å². The SMILES string of the molecule is CCOC(=O)c1oc([C@@H]2O[C@H](CO)[C@H](O)[C@H](n3cc(-c4cccc(F)c4)nn3)C2O[Si](CC)(CC)CC)nc1C. The first kappa shape index (κ1) is 30.0. The van der Waals surface area contributed by atoms with Crippen molar-refractivity contribution < 1.29 is 37.7 Å². The molecule has 218 valence electrons. The van der Waals surface area contributed by atoms with Crippen molar-refractivity contribution in [3.8, 4) is 11.3 Å². The van der Waals surface area contributed by atoms with Gasteiger partial charge >= 0.3 is 5.97 Å². The number of aliphatic hydroxyl groups is 2. The Morgan fingerprint density at radius 1 is 1.20 bits per heavy atom. The summed E-state index contributed by atoms with van der Waals surface area (Å²) in [4.78, 5) is 17.0. The lowest BCUT2D eigenvalue weighted by molar-refractivity contribution is -0.209. The van der Waals surface area contributed by atoms with Crippen LogP contribution in [0.1, 0.15) is 62.0 Å². The van der Waals surface area contributed by atoms with Crippen molar-refractivity contribution in [2.24, 2.45) is 0 Å². The molecule has 1 unspecified atom stereocenters. The quantitative estimate of drug-likeness (QED) is 0.254. The summed E-state index contributed by atoms with van der Waals surface area (Å²) in [7, 11) is -2.35. The highest BCUT2D eigenvalue weighted by molar-refractivity contribution is 6.73. The third-order valence-corrected chi connectivity index (χ3v) is 12.3. The van der Waals surface area contributed by atoms with Crippen molar-refractivity contribution in [2.45, 2.75) is 83.2 Å². The average molecular weight is 577 g/mol. The van der Waals surface area contributed by atoms with E-state index >= 15 is 0 Å². The zero-order valence-corrected chi connectivity index (χ0v) is 24.4. The molecule has 3 heterocycles. The maximum Gasteiger partial charge on any atom is 0.376 e. The van der Waals surface area contributed by atoms with E-state index in [-0.39, 0.29) is 18.3 Å². The Bertz CT molecular complexity index is 1290. The number of hydrogen-bond donors (Lipinski definition) is 2. The molecule has 3 aromatic rings. The van der Waals surface area contributed by atoms with Gasteiger partial charge in [-0.2, -0.15) is 0 Å². The summed E-state index contributed by atoms with van der Waals surface area (Å²) in [5, 5.41) is 30.1. The smallest absolute Gasteiger partial charge is 0.376 e. The topological polar surface area (TPSA) is 142 Å². The lowest BCUT2D eigenvalue weighted by Gasteiger charge is -2.46. The molecule has 0 spiro atoms. The number of halogens is 1. The maximum absolute atomic E-state index is 13.9. The minimum Gasteiger partial charge on any atom is -0.460 e. The van der Waals surface area contributed by atoms with Crippen LogP contribution >= 0.6 is 0 Å². The molecular formula is C27H37FN4O7Si. The summed E-state index contributed by atoms with van der Waals surface area (Å²) in [6, 6.07) is 7.51. The lowest BCUT2D eigenvalue weighted by atomic mass is 9.92. The lowest BCUT2D eigenvalue weighted by Crippen LogP contribution is -2.56. The molecule has 1 fully saturated rings. The van der Waals surface area contributed by atoms with Crippen molar-refractivity contribution in [3.63, 3.8) is 0 Å². The van der Waals surface area contributed by atoms with E-state index in [1.54, 1.807) is 32.2 Å². The van der Waals surface area contributed by atoms with E-state index in [1.165, 1.54) is 16.8 Å². The van der Waals surface area contributed by atoms with Crippen LogP contribution in [0.4, 0.5) is 4.39 Å². The summed E-state index contributed by atoms with van der Waals surface area (Å²) in [6.45, 7) is 9.20. The van der Waals surface area contributed by atoms with Crippen LogP contribution in [0.15, 0.2) is 34.9 Å². The van der Waals surface area contributed by atoms with Gasteiger partial charge in [-0.15, -0.1) is 5.10 Å². The molecule has 11 nitrogen and oxygen atoms in total. The Hall–Kier alpha value is -2.97. The highest BCUT2D eigenvalue weighted by atomic mass is 28.4. The molecule has 0 amide bonds. The highest BCUT2D eigenvalue weighted by Gasteiger charge is 2.52. The van der Waals surface area contributed by atoms with Crippen molar-refractivity contribution >= 4 is 14.3 Å². The fourth-order valence-corrected chi connectivity index (χ4v) is 7.98. The fourth-order valence-electron chi connectivity index (χ4n) is 5.14. The molecule has 13 heteroatoms. The second-order valence-corrected chi connectivity index (χ2v) is 14.6. The number of hydrogen-bond acceptors (Lipinski definition) is 10. The zero-order chi connectivity index (χ0) is 29.0. The molecule has 1 saturated heterocycles. The van der Waals surface area contributed by atoms with E-state index in [0.29, 0.717) is 17.0 Å². The summed E-state index contributed by atoms with van der Waals surface area (Å²) in [5.41, 5.74) is 1.23. The molecule has 0 aliphatic carbocycles. The molecule has 40 heavy (non-hydrogen) atoms. The molecule has 4 rings (SSSR count). The number of aromatic nitrogens is 4. The van der Waals surface area contributed by atoms with E-state index in [4.69, 9.17) is 18.3 Å². The number of carbonyl (C=O) groups excluding carboxylic acids is 1. The van der Waals surface area contributed by atoms with Gasteiger partial charge in [-0.05, 0) is 44.1 Å². The number of rotatable bonds is 11. The van der Waals surface area contributed by atoms with Gasteiger partial charge in [0.2, 0.25) is 11.7 Å². The third-order valence-electron chi connectivity index (χ3n) is 7.64. The predicted octanol–water partition coefficient (Wildman–Crippen LogP) is 3.98. The minimum atomic E-state index is -2.35. The van der Waals surface area contributed by atoms with Gasteiger partial charge < -0.3 is 28.5 Å². The van der Waals surface area contributed by atoms with E-state index < -0.39 is 57.2 Å². The number of benzene rings is 1. The van der Waals surface area contributed by atoms with Crippen molar-refractivity contribution in [1.82, 2.24) is 20.0 Å². The highest BCUT2D eigenvalue weighted by Crippen LogP contribution is 2.43. The van der Waals surface area contributed by atoms with Crippen LogP contribution in [0, 0.1) is 12.7 Å². The van der Waals surface area contributed by atoms with Crippen LogP contribution in [0.5, 0.6) is 0 Å². The summed E-state index contributed by atoms with van der Waals surface area (Å²) in [6.07, 6.45) is -2.54. The van der Waals surface area contributed by atoms with E-state index in [2.05, 4.69) is 36.1 Å². The number of aryl methyl sites for hydroxylation is 1. The first-order valence-electron chi connectivity index (χ1n) is 13.6. The minimum absolute atomic E-state index is 0.0541. The second kappa shape index (κ2) is 12.7. The van der Waals surface area contributed by atoms with Crippen LogP contribution in [-0.4, -0.2) is 76.0 Å². The van der Waals surface area contributed by atoms with E-state index in [0.717, 1.165) is 18.1 Å². The zero-order valence-electron chi connectivity index (χ0n) is 23.4. The third kappa shape index (κ3) is 5.88. The maximum atomic E-state index is 13.9. The molecule has 1 aromatic carbocycles. The summed E-state index contributed by atoms with van der Waals surface area (Å²) in [5.74, 6) is -1.06. The van der Waals surface area contributed by atoms with Crippen LogP contribution in [0.25, 0.3) is 11.3 Å². The first-order chi connectivity index (χ1) is 19.2. The normalized spacial score (nSPS) is 23.4. The van der Waals surface area contributed by atoms with Crippen LogP contribution in [-0.2, 0) is 13.9 Å². The number of aliphatic hydroxyl groups excluding tert-OH is 2. The molecular weight excluding hydrogens is 539 g/mol. The van der Waals surface area contributed by atoms with Gasteiger partial charge in [0.25, 0.3) is 0 Å². The molecule has 2 N–H and O–H groups in total. The monoisotopic (exact) mass is 576 g/mol. The Morgan fingerprint density at radius 2 is 1.93 bits per heavy atom. The molecule has 5 atom stereocenters. The predicted molar refractivity (Wildman–Crippen MR) is 144 cm³/mol. The first-order valence-corrected chi connectivity index (χ1v) is 16.2. The average Bonchev–Trinajstić information content (AvgIpc) is 3.59. The largest absolute Gasteiger partial charge is 0.460 e. The van der Waals surface area contributed by atoms with Crippen LogP contribution in [0.2, 0.25) is 18.1 Å². The van der Waals surface area contributed by atoms with Gasteiger partial charge in [0, 0.05) is 5.56 Å². The van der Waals surface area contributed by atoms with Gasteiger partial charge in [-0.25, -0.2) is 18.9 Å².